The van der Waals surface area contributed by atoms with Gasteiger partial charge in [-0.15, -0.1) is 11.3 Å². The first-order valence-electron chi connectivity index (χ1n) is 7.46. The van der Waals surface area contributed by atoms with Crippen molar-refractivity contribution in [3.8, 4) is 11.5 Å². The number of ether oxygens (including phenoxy) is 2. The number of nitrogens with zero attached hydrogens (tertiary/aromatic N) is 2. The van der Waals surface area contributed by atoms with E-state index in [1.807, 2.05) is 20.0 Å². The lowest BCUT2D eigenvalue weighted by Crippen LogP contribution is -2.06. The predicted octanol–water partition coefficient (Wildman–Crippen LogP) is 3.95. The summed E-state index contributed by atoms with van der Waals surface area (Å²) in [4.78, 5) is 13.8. The van der Waals surface area contributed by atoms with Gasteiger partial charge in [0, 0.05) is 12.4 Å². The van der Waals surface area contributed by atoms with Gasteiger partial charge >= 0.3 is 5.97 Å². The third-order valence-electron chi connectivity index (χ3n) is 3.40. The highest BCUT2D eigenvalue weighted by molar-refractivity contribution is 7.20. The number of hydrogen-bond donors (Lipinski definition) is 0. The second-order valence-corrected chi connectivity index (χ2v) is 6.28. The van der Waals surface area contributed by atoms with Crippen LogP contribution in [0.4, 0.5) is 0 Å². The zero-order valence-corrected chi connectivity index (χ0v) is 14.1. The Labute approximate surface area is 138 Å². The Hall–Kier alpha value is -2.34. The molecule has 0 aliphatic rings. The first-order valence-corrected chi connectivity index (χ1v) is 8.28. The minimum atomic E-state index is -0.354. The minimum Gasteiger partial charge on any atom is -0.494 e. The molecule has 0 aliphatic carbocycles. The average molecular weight is 330 g/mol. The summed E-state index contributed by atoms with van der Waals surface area (Å²) in [6, 6.07) is 8.92. The number of thiophene rings is 1. The van der Waals surface area contributed by atoms with Crippen LogP contribution in [0.3, 0.4) is 0 Å². The highest BCUT2D eigenvalue weighted by Crippen LogP contribution is 2.28. The summed E-state index contributed by atoms with van der Waals surface area (Å²) in [7, 11) is 1.87. The Morgan fingerprint density at radius 2 is 1.96 bits per heavy atom. The van der Waals surface area contributed by atoms with E-state index in [2.05, 4.69) is 12.0 Å². The van der Waals surface area contributed by atoms with Gasteiger partial charge in [0.05, 0.1) is 12.3 Å². The van der Waals surface area contributed by atoms with Gasteiger partial charge in [0.15, 0.2) is 0 Å². The smallest absolute Gasteiger partial charge is 0.353 e. The molecule has 2 heterocycles. The van der Waals surface area contributed by atoms with Gasteiger partial charge in [0.2, 0.25) is 0 Å². The summed E-state index contributed by atoms with van der Waals surface area (Å²) >= 11 is 1.39. The number of rotatable bonds is 5. The molecule has 0 aliphatic heterocycles. The Balaban J connectivity index is 1.73. The standard InChI is InChI=1S/C17H18N2O3S/c1-4-9-21-12-5-7-13(8-6-12)22-17(20)15-10-14-11(2)18-19(3)16(14)23-15/h5-8,10H,4,9H2,1-3H3. The molecule has 0 fully saturated rings. The van der Waals surface area contributed by atoms with Crippen molar-refractivity contribution in [2.24, 2.45) is 7.05 Å². The highest BCUT2D eigenvalue weighted by Gasteiger charge is 2.16. The van der Waals surface area contributed by atoms with E-state index >= 15 is 0 Å². The third kappa shape index (κ3) is 3.22. The number of hydrogen-bond acceptors (Lipinski definition) is 5. The van der Waals surface area contributed by atoms with E-state index in [-0.39, 0.29) is 5.97 Å². The van der Waals surface area contributed by atoms with E-state index in [9.17, 15) is 4.79 Å². The number of benzene rings is 1. The third-order valence-corrected chi connectivity index (χ3v) is 4.59. The molecule has 0 saturated carbocycles. The maximum Gasteiger partial charge on any atom is 0.353 e. The SMILES string of the molecule is CCCOc1ccc(OC(=O)c2cc3c(C)nn(C)c3s2)cc1. The van der Waals surface area contributed by atoms with Gasteiger partial charge < -0.3 is 9.47 Å². The van der Waals surface area contributed by atoms with Crippen LogP contribution in [-0.2, 0) is 7.05 Å². The summed E-state index contributed by atoms with van der Waals surface area (Å²) in [5.41, 5.74) is 0.912. The molecule has 120 valence electrons. The molecule has 0 bridgehead atoms. The molecule has 0 spiro atoms. The molecule has 23 heavy (non-hydrogen) atoms. The fraction of sp³-hybridized carbons (Fsp3) is 0.294. The van der Waals surface area contributed by atoms with Gasteiger partial charge in [0.1, 0.15) is 21.2 Å². The molecule has 0 radical (unpaired) electrons. The number of aryl methyl sites for hydroxylation is 2. The topological polar surface area (TPSA) is 53.4 Å². The fourth-order valence-corrected chi connectivity index (χ4v) is 3.29. The maximum atomic E-state index is 12.3. The van der Waals surface area contributed by atoms with Crippen molar-refractivity contribution in [3.63, 3.8) is 0 Å². The van der Waals surface area contributed by atoms with Crippen molar-refractivity contribution in [3.05, 3.63) is 40.9 Å². The van der Waals surface area contributed by atoms with Crippen LogP contribution >= 0.6 is 11.3 Å². The number of esters is 1. The minimum absolute atomic E-state index is 0.354. The van der Waals surface area contributed by atoms with Gasteiger partial charge in [-0.2, -0.15) is 5.10 Å². The molecular formula is C17H18N2O3S. The van der Waals surface area contributed by atoms with Crippen molar-refractivity contribution in [1.29, 1.82) is 0 Å². The van der Waals surface area contributed by atoms with Gasteiger partial charge in [-0.3, -0.25) is 4.68 Å². The molecule has 0 unspecified atom stereocenters. The molecule has 2 aromatic heterocycles. The van der Waals surface area contributed by atoms with E-state index in [0.29, 0.717) is 17.2 Å². The van der Waals surface area contributed by atoms with Gasteiger partial charge in [-0.25, -0.2) is 4.79 Å². The fourth-order valence-electron chi connectivity index (χ4n) is 2.29. The molecule has 0 N–H and O–H groups in total. The van der Waals surface area contributed by atoms with Crippen LogP contribution in [0.2, 0.25) is 0 Å². The second kappa shape index (κ2) is 6.42. The Bertz CT molecular complexity index is 799. The lowest BCUT2D eigenvalue weighted by Gasteiger charge is -2.06. The van der Waals surface area contributed by atoms with Crippen LogP contribution in [0.25, 0.3) is 10.2 Å². The number of carbonyl (C=O) groups is 1. The summed E-state index contributed by atoms with van der Waals surface area (Å²) in [5.74, 6) is 0.925. The van der Waals surface area contributed by atoms with Crippen molar-refractivity contribution in [2.75, 3.05) is 6.61 Å². The molecule has 3 rings (SSSR count). The highest BCUT2D eigenvalue weighted by atomic mass is 32.1. The molecule has 1 aromatic carbocycles. The maximum absolute atomic E-state index is 12.3. The largest absolute Gasteiger partial charge is 0.494 e. The lowest BCUT2D eigenvalue weighted by molar-refractivity contribution is 0.0739. The molecule has 5 nitrogen and oxygen atoms in total. The molecule has 0 saturated heterocycles. The molecule has 0 amide bonds. The van der Waals surface area contributed by atoms with Crippen LogP contribution < -0.4 is 9.47 Å². The summed E-state index contributed by atoms with van der Waals surface area (Å²) in [6.07, 6.45) is 0.955. The average Bonchev–Trinajstić information content (AvgIpc) is 3.09. The number of aromatic nitrogens is 2. The van der Waals surface area contributed by atoms with Crippen LogP contribution in [-0.4, -0.2) is 22.4 Å². The Kier molecular flexibility index (Phi) is 4.34. The summed E-state index contributed by atoms with van der Waals surface area (Å²) < 4.78 is 12.7. The van der Waals surface area contributed by atoms with Crippen LogP contribution in [0.5, 0.6) is 11.5 Å². The Morgan fingerprint density at radius 1 is 1.26 bits per heavy atom. The normalized spacial score (nSPS) is 10.9. The van der Waals surface area contributed by atoms with Crippen LogP contribution in [0, 0.1) is 6.92 Å². The molecule has 6 heteroatoms. The van der Waals surface area contributed by atoms with Crippen molar-refractivity contribution in [1.82, 2.24) is 9.78 Å². The monoisotopic (exact) mass is 330 g/mol. The van der Waals surface area contributed by atoms with E-state index < -0.39 is 0 Å². The number of fused-ring (bicyclic) bond motifs is 1. The molecular weight excluding hydrogens is 312 g/mol. The van der Waals surface area contributed by atoms with E-state index in [4.69, 9.17) is 9.47 Å². The van der Waals surface area contributed by atoms with Crippen molar-refractivity contribution in [2.45, 2.75) is 20.3 Å². The van der Waals surface area contributed by atoms with Gasteiger partial charge in [-0.05, 0) is 43.7 Å². The van der Waals surface area contributed by atoms with E-state index in [0.717, 1.165) is 28.1 Å². The zero-order valence-electron chi connectivity index (χ0n) is 13.3. The molecule has 0 atom stereocenters. The van der Waals surface area contributed by atoms with E-state index in [1.54, 1.807) is 28.9 Å². The van der Waals surface area contributed by atoms with Crippen molar-refractivity contribution >= 4 is 27.5 Å². The van der Waals surface area contributed by atoms with E-state index in [1.165, 1.54) is 11.3 Å². The van der Waals surface area contributed by atoms with Gasteiger partial charge in [0.25, 0.3) is 0 Å². The summed E-state index contributed by atoms with van der Waals surface area (Å²) in [6.45, 7) is 4.66. The lowest BCUT2D eigenvalue weighted by atomic mass is 10.3. The first-order chi connectivity index (χ1) is 11.1. The van der Waals surface area contributed by atoms with Crippen LogP contribution in [0.15, 0.2) is 30.3 Å². The zero-order chi connectivity index (χ0) is 16.4. The predicted molar refractivity (Wildman–Crippen MR) is 90.5 cm³/mol. The quantitative estimate of drug-likeness (QED) is 0.525. The van der Waals surface area contributed by atoms with Crippen molar-refractivity contribution < 1.29 is 14.3 Å². The number of carbonyl (C=O) groups excluding carboxylic acids is 1. The molecule has 3 aromatic rings. The second-order valence-electron chi connectivity index (χ2n) is 5.25. The van der Waals surface area contributed by atoms with Gasteiger partial charge in [-0.1, -0.05) is 6.92 Å². The first kappa shape index (κ1) is 15.6. The van der Waals surface area contributed by atoms with Crippen LogP contribution in [0.1, 0.15) is 28.7 Å². The Morgan fingerprint density at radius 3 is 2.61 bits per heavy atom. The summed E-state index contributed by atoms with van der Waals surface area (Å²) in [5, 5.41) is 5.32.